The molecule has 1 saturated heterocycles. The van der Waals surface area contributed by atoms with Crippen molar-refractivity contribution in [2.45, 2.75) is 178 Å². The molecule has 0 spiro atoms. The third-order valence-electron chi connectivity index (χ3n) is 9.29. The Labute approximate surface area is 345 Å². The van der Waals surface area contributed by atoms with Crippen LogP contribution in [0.2, 0.25) is 0 Å². The minimum absolute atomic E-state index is 0.0223. The molecular weight excluding hydrogens is 780 g/mol. The number of rotatable bonds is 12. The number of carbonyl (C=O) groups is 4. The van der Waals surface area contributed by atoms with Crippen molar-refractivity contribution in [2.75, 3.05) is 26.7 Å². The van der Waals surface area contributed by atoms with Crippen LogP contribution in [0.5, 0.6) is 0 Å². The highest BCUT2D eigenvalue weighted by atomic mass is 16.7. The topological polar surface area (TPSA) is 305 Å². The van der Waals surface area contributed by atoms with E-state index >= 15 is 0 Å². The number of nitrogens with two attached hydrogens (primary N) is 2. The monoisotopic (exact) mass is 848 g/mol. The van der Waals surface area contributed by atoms with E-state index in [0.717, 1.165) is 4.90 Å². The molecule has 0 aromatic carbocycles. The highest BCUT2D eigenvalue weighted by Gasteiger charge is 2.55. The van der Waals surface area contributed by atoms with E-state index in [2.05, 4.69) is 16.0 Å². The molecule has 1 aliphatic carbocycles. The first-order valence-corrected chi connectivity index (χ1v) is 19.7. The molecule has 0 bridgehead atoms. The molecule has 0 aromatic heterocycles. The van der Waals surface area contributed by atoms with Crippen LogP contribution >= 0.6 is 0 Å². The minimum Gasteiger partial charge on any atom is -0.467 e. The molecule has 1 saturated carbocycles. The largest absolute Gasteiger partial charge is 0.467 e. The highest BCUT2D eigenvalue weighted by molar-refractivity contribution is 5.81. The number of alkyl carbamates (subject to hydrolysis) is 2. The predicted octanol–water partition coefficient (Wildman–Crippen LogP) is -0.205. The zero-order chi connectivity index (χ0) is 44.8. The lowest BCUT2D eigenvalue weighted by Crippen LogP contribution is -2.70. The fourth-order valence-corrected chi connectivity index (χ4v) is 6.73. The van der Waals surface area contributed by atoms with Crippen LogP contribution in [0.1, 0.15) is 88.5 Å². The van der Waals surface area contributed by atoms with Crippen molar-refractivity contribution >= 4 is 24.2 Å². The van der Waals surface area contributed by atoms with Crippen LogP contribution in [0, 0.1) is 0 Å². The molecule has 0 unspecified atom stereocenters. The van der Waals surface area contributed by atoms with Gasteiger partial charge in [-0.25, -0.2) is 14.4 Å². The van der Waals surface area contributed by atoms with E-state index in [1.54, 1.807) is 68.4 Å². The molecule has 59 heavy (non-hydrogen) atoms. The molecule has 3 aliphatic rings. The molecule has 2 aliphatic heterocycles. The van der Waals surface area contributed by atoms with Gasteiger partial charge in [-0.05, 0) is 94.6 Å². The average molecular weight is 849 g/mol. The van der Waals surface area contributed by atoms with Crippen molar-refractivity contribution in [1.29, 1.82) is 0 Å². The number of aliphatic hydroxyl groups is 4. The first-order chi connectivity index (χ1) is 27.0. The summed E-state index contributed by atoms with van der Waals surface area (Å²) in [7, 11) is 1.32. The van der Waals surface area contributed by atoms with Crippen LogP contribution in [0.25, 0.3) is 0 Å². The van der Waals surface area contributed by atoms with Gasteiger partial charge in [0.05, 0.1) is 37.3 Å². The van der Waals surface area contributed by atoms with Gasteiger partial charge in [-0.1, -0.05) is 0 Å². The van der Waals surface area contributed by atoms with Gasteiger partial charge in [0.15, 0.2) is 6.29 Å². The fraction of sp³-hybridized carbons (Fsp3) is 0.842. The van der Waals surface area contributed by atoms with E-state index in [4.69, 9.17) is 44.6 Å². The Bertz CT molecular complexity index is 1480. The number of nitrogens with one attached hydrogen (secondary N) is 3. The van der Waals surface area contributed by atoms with E-state index in [-0.39, 0.29) is 25.9 Å². The van der Waals surface area contributed by atoms with E-state index in [0.29, 0.717) is 12.2 Å². The molecule has 21 nitrogen and oxygen atoms in total. The van der Waals surface area contributed by atoms with Gasteiger partial charge in [0.25, 0.3) is 0 Å². The summed E-state index contributed by atoms with van der Waals surface area (Å²) in [6, 6.07) is -4.50. The number of hydrogen-bond acceptors (Lipinski definition) is 17. The molecule has 340 valence electrons. The first kappa shape index (κ1) is 49.8. The summed E-state index contributed by atoms with van der Waals surface area (Å²) in [6.07, 6.45) is -12.0. The number of amides is 4. The second-order valence-electron chi connectivity index (χ2n) is 18.4. The summed E-state index contributed by atoms with van der Waals surface area (Å²) < 4.78 is 40.4. The summed E-state index contributed by atoms with van der Waals surface area (Å²) in [5.41, 5.74) is 7.70. The summed E-state index contributed by atoms with van der Waals surface area (Å²) in [4.78, 5) is 53.0. The van der Waals surface area contributed by atoms with Gasteiger partial charge in [-0.2, -0.15) is 0 Å². The van der Waals surface area contributed by atoms with Crippen LogP contribution in [-0.4, -0.2) is 166 Å². The van der Waals surface area contributed by atoms with Gasteiger partial charge < -0.3 is 85.9 Å². The average Bonchev–Trinajstić information content (AvgIpc) is 3.07. The number of likely N-dealkylation sites (N-methyl/N-ethyl adjacent to an activating group) is 1. The van der Waals surface area contributed by atoms with E-state index in [9.17, 15) is 39.6 Å². The molecule has 0 radical (unpaired) electrons. The molecule has 11 N–H and O–H groups in total. The SMILES string of the molecule is CN(C(=O)OC(C)(C)C)[C@@H]1[C@@H](O)[C@@H](O[C@@H]2[C@@H](O)[C@H](O[C@H]3OC(CN)=CC[C@H]3N)[C@@H](NC(=O)OC(C)(C)C)C[C@H]2NC(=O)[C@@H](O)CCNC(=O)OC(C)(C)C)OC[C@]1(C)O. The summed E-state index contributed by atoms with van der Waals surface area (Å²) in [5.74, 6) is -0.569. The van der Waals surface area contributed by atoms with Crippen LogP contribution in [-0.2, 0) is 38.0 Å². The third-order valence-corrected chi connectivity index (χ3v) is 9.29. The standard InChI is InChI=1S/C38H68N6O15/c1-35(2,3)57-32(49)41-15-14-23(45)29(48)42-21-16-22(43-33(50)58-36(4,5)6)27(55-30-20(40)13-12-19(17-39)54-30)24(46)26(21)56-31-25(47)28(38(10,52)18-53-31)44(11)34(51)59-37(7,8)9/h12,20-28,30-31,45-47,52H,13-18,39-40H2,1-11H3,(H,41,49)(H,42,48)(H,43,50)/t20-,21-,22+,23+,24-,25-,26+,27-,28-,30-,31-,38+/m1/s1. The van der Waals surface area contributed by atoms with Crippen molar-refractivity contribution < 1.29 is 72.8 Å². The Kier molecular flexibility index (Phi) is 16.8. The third kappa shape index (κ3) is 14.9. The van der Waals surface area contributed by atoms with Gasteiger partial charge in [0, 0.05) is 13.6 Å². The maximum absolute atomic E-state index is 13.6. The van der Waals surface area contributed by atoms with Gasteiger partial charge >= 0.3 is 18.3 Å². The number of ether oxygens (including phenoxy) is 7. The number of hydrogen-bond donors (Lipinski definition) is 9. The molecule has 4 amide bonds. The van der Waals surface area contributed by atoms with Crippen molar-refractivity contribution in [3.63, 3.8) is 0 Å². The first-order valence-electron chi connectivity index (χ1n) is 19.7. The Morgan fingerprint density at radius 3 is 2.00 bits per heavy atom. The summed E-state index contributed by atoms with van der Waals surface area (Å²) >= 11 is 0. The summed E-state index contributed by atoms with van der Waals surface area (Å²) in [6.45, 7) is 15.7. The molecule has 2 heterocycles. The second kappa shape index (κ2) is 19.9. The molecule has 21 heteroatoms. The maximum Gasteiger partial charge on any atom is 0.410 e. The van der Waals surface area contributed by atoms with Gasteiger partial charge in [0.2, 0.25) is 12.2 Å². The van der Waals surface area contributed by atoms with Crippen molar-refractivity contribution in [1.82, 2.24) is 20.9 Å². The van der Waals surface area contributed by atoms with Gasteiger partial charge in [0.1, 0.15) is 58.7 Å². The minimum atomic E-state index is -1.82. The molecular formula is C38H68N6O15. The Balaban J connectivity index is 1.99. The molecule has 3 rings (SSSR count). The lowest BCUT2D eigenvalue weighted by atomic mass is 9.82. The second-order valence-corrected chi connectivity index (χ2v) is 18.4. The summed E-state index contributed by atoms with van der Waals surface area (Å²) in [5, 5.41) is 53.9. The Morgan fingerprint density at radius 1 is 0.898 bits per heavy atom. The zero-order valence-electron chi connectivity index (χ0n) is 36.1. The van der Waals surface area contributed by atoms with E-state index < -0.39 is 120 Å². The van der Waals surface area contributed by atoms with Crippen molar-refractivity contribution in [3.05, 3.63) is 11.8 Å². The highest BCUT2D eigenvalue weighted by Crippen LogP contribution is 2.34. The Hall–Kier alpha value is -3.54. The van der Waals surface area contributed by atoms with Crippen molar-refractivity contribution in [3.8, 4) is 0 Å². The number of carbonyl (C=O) groups excluding carboxylic acids is 4. The van der Waals surface area contributed by atoms with Gasteiger partial charge in [-0.15, -0.1) is 0 Å². The predicted molar refractivity (Wildman–Crippen MR) is 209 cm³/mol. The lowest BCUT2D eigenvalue weighted by molar-refractivity contribution is -0.311. The van der Waals surface area contributed by atoms with Gasteiger partial charge in [-0.3, -0.25) is 4.79 Å². The quantitative estimate of drug-likeness (QED) is 0.115. The molecule has 12 atom stereocenters. The normalized spacial score (nSPS) is 32.1. The van der Waals surface area contributed by atoms with E-state index in [1.165, 1.54) is 14.0 Å². The van der Waals surface area contributed by atoms with Crippen molar-refractivity contribution in [2.24, 2.45) is 11.5 Å². The molecule has 0 aromatic rings. The smallest absolute Gasteiger partial charge is 0.410 e. The number of aliphatic hydroxyl groups excluding tert-OH is 3. The van der Waals surface area contributed by atoms with Crippen LogP contribution in [0.15, 0.2) is 11.8 Å². The lowest BCUT2D eigenvalue weighted by Gasteiger charge is -2.50. The fourth-order valence-electron chi connectivity index (χ4n) is 6.73. The Morgan fingerprint density at radius 2 is 1.44 bits per heavy atom. The number of nitrogens with zero attached hydrogens (tertiary/aromatic N) is 1. The van der Waals surface area contributed by atoms with Crippen LogP contribution in [0.4, 0.5) is 14.4 Å². The zero-order valence-corrected chi connectivity index (χ0v) is 36.1. The maximum atomic E-state index is 13.6. The van der Waals surface area contributed by atoms with Crippen LogP contribution < -0.4 is 27.4 Å². The van der Waals surface area contributed by atoms with Crippen LogP contribution in [0.3, 0.4) is 0 Å². The van der Waals surface area contributed by atoms with E-state index in [1.807, 2.05) is 0 Å². The molecule has 2 fully saturated rings.